The van der Waals surface area contributed by atoms with Gasteiger partial charge in [0.05, 0.1) is 4.34 Å². The molecule has 2 nitrogen and oxygen atoms in total. The van der Waals surface area contributed by atoms with Crippen LogP contribution in [0.3, 0.4) is 0 Å². The minimum atomic E-state index is 0.402. The van der Waals surface area contributed by atoms with E-state index >= 15 is 0 Å². The Hall–Kier alpha value is -0.0900. The zero-order valence-corrected chi connectivity index (χ0v) is 14.6. The average molecular weight is 327 g/mol. The highest BCUT2D eigenvalue weighted by molar-refractivity contribution is 7.16. The number of nitrogens with zero attached hydrogens (tertiary/aromatic N) is 1. The summed E-state index contributed by atoms with van der Waals surface area (Å²) in [4.78, 5) is 4.20. The van der Waals surface area contributed by atoms with Gasteiger partial charge in [-0.15, -0.1) is 11.3 Å². The first kappa shape index (κ1) is 15.8. The molecule has 118 valence electrons. The first-order valence-corrected chi connectivity index (χ1v) is 9.64. The Balaban J connectivity index is 1.75. The molecule has 21 heavy (non-hydrogen) atoms. The van der Waals surface area contributed by atoms with Crippen LogP contribution in [0.2, 0.25) is 4.34 Å². The van der Waals surface area contributed by atoms with Gasteiger partial charge < -0.3 is 5.32 Å². The Morgan fingerprint density at radius 1 is 1.33 bits per heavy atom. The van der Waals surface area contributed by atoms with Crippen molar-refractivity contribution in [2.24, 2.45) is 0 Å². The van der Waals surface area contributed by atoms with Crippen LogP contribution in [0, 0.1) is 0 Å². The van der Waals surface area contributed by atoms with Crippen molar-refractivity contribution in [3.05, 3.63) is 21.3 Å². The number of hydrogen-bond acceptors (Lipinski definition) is 3. The summed E-state index contributed by atoms with van der Waals surface area (Å²) in [6, 6.07) is 4.92. The maximum Gasteiger partial charge on any atom is 0.0931 e. The molecule has 1 N–H and O–H groups in total. The van der Waals surface area contributed by atoms with E-state index in [0.717, 1.165) is 10.9 Å². The van der Waals surface area contributed by atoms with Crippen LogP contribution >= 0.6 is 22.9 Å². The molecule has 1 aliphatic heterocycles. The minimum Gasteiger partial charge on any atom is -0.311 e. The third-order valence-corrected chi connectivity index (χ3v) is 6.44. The van der Waals surface area contributed by atoms with Gasteiger partial charge in [0.15, 0.2) is 0 Å². The van der Waals surface area contributed by atoms with E-state index < -0.39 is 0 Å². The van der Waals surface area contributed by atoms with Gasteiger partial charge in [0.25, 0.3) is 0 Å². The standard InChI is InChI=1S/C17H27ClN2S/c1-2-6-14-11-20(12-15-7-8-16(18)21-15)17(13-19-14)9-4-3-5-10-17/h7-8,14,19H,2-6,9-13H2,1H3. The summed E-state index contributed by atoms with van der Waals surface area (Å²) in [5.41, 5.74) is 0.402. The lowest BCUT2D eigenvalue weighted by Crippen LogP contribution is -2.64. The number of thiophene rings is 1. The first-order chi connectivity index (χ1) is 10.2. The summed E-state index contributed by atoms with van der Waals surface area (Å²) in [7, 11) is 0. The molecule has 1 spiro atoms. The largest absolute Gasteiger partial charge is 0.311 e. The normalized spacial score (nSPS) is 26.3. The molecule has 1 saturated carbocycles. The summed E-state index contributed by atoms with van der Waals surface area (Å²) in [5, 5.41) is 3.84. The molecule has 1 aliphatic carbocycles. The molecule has 3 rings (SSSR count). The lowest BCUT2D eigenvalue weighted by atomic mass is 9.78. The molecule has 2 heterocycles. The Morgan fingerprint density at radius 3 is 2.81 bits per heavy atom. The van der Waals surface area contributed by atoms with Crippen LogP contribution in [0.5, 0.6) is 0 Å². The predicted molar refractivity (Wildman–Crippen MR) is 92.3 cm³/mol. The molecule has 2 aliphatic rings. The van der Waals surface area contributed by atoms with Gasteiger partial charge >= 0.3 is 0 Å². The summed E-state index contributed by atoms with van der Waals surface area (Å²) in [6.45, 7) is 5.75. The minimum absolute atomic E-state index is 0.402. The fraction of sp³-hybridized carbons (Fsp3) is 0.765. The molecule has 0 amide bonds. The van der Waals surface area contributed by atoms with E-state index in [0.29, 0.717) is 11.6 Å². The molecule has 1 unspecified atom stereocenters. The summed E-state index contributed by atoms with van der Waals surface area (Å²) in [5.74, 6) is 0. The summed E-state index contributed by atoms with van der Waals surface area (Å²) < 4.78 is 0.919. The topological polar surface area (TPSA) is 15.3 Å². The SMILES string of the molecule is CCCC1CN(Cc2ccc(Cl)s2)C2(CCCCC2)CN1. The van der Waals surface area contributed by atoms with E-state index in [2.05, 4.69) is 23.2 Å². The lowest BCUT2D eigenvalue weighted by Gasteiger charge is -2.52. The third-order valence-electron chi connectivity index (χ3n) is 5.23. The Morgan fingerprint density at radius 2 is 2.14 bits per heavy atom. The molecule has 1 aromatic heterocycles. The van der Waals surface area contributed by atoms with E-state index in [-0.39, 0.29) is 0 Å². The molecular formula is C17H27ClN2S. The fourth-order valence-corrected chi connectivity index (χ4v) is 5.18. The van der Waals surface area contributed by atoms with Crippen LogP contribution in [0.4, 0.5) is 0 Å². The van der Waals surface area contributed by atoms with Gasteiger partial charge in [-0.05, 0) is 31.4 Å². The highest BCUT2D eigenvalue weighted by Crippen LogP contribution is 2.37. The second-order valence-electron chi connectivity index (χ2n) is 6.74. The highest BCUT2D eigenvalue weighted by atomic mass is 35.5. The molecular weight excluding hydrogens is 300 g/mol. The quantitative estimate of drug-likeness (QED) is 0.864. The van der Waals surface area contributed by atoms with Crippen molar-refractivity contribution in [2.75, 3.05) is 13.1 Å². The molecule has 0 radical (unpaired) electrons. The van der Waals surface area contributed by atoms with Crippen molar-refractivity contribution in [1.82, 2.24) is 10.2 Å². The maximum atomic E-state index is 6.12. The average Bonchev–Trinajstić information content (AvgIpc) is 2.90. The number of rotatable bonds is 4. The van der Waals surface area contributed by atoms with Crippen molar-refractivity contribution in [2.45, 2.75) is 70.0 Å². The second kappa shape index (κ2) is 6.99. The van der Waals surface area contributed by atoms with Gasteiger partial charge in [-0.2, -0.15) is 0 Å². The van der Waals surface area contributed by atoms with Crippen LogP contribution in [0.25, 0.3) is 0 Å². The van der Waals surface area contributed by atoms with Gasteiger partial charge in [-0.3, -0.25) is 4.90 Å². The van der Waals surface area contributed by atoms with Gasteiger partial charge in [0, 0.05) is 36.1 Å². The maximum absolute atomic E-state index is 6.12. The van der Waals surface area contributed by atoms with E-state index in [1.54, 1.807) is 11.3 Å². The number of hydrogen-bond donors (Lipinski definition) is 1. The molecule has 0 bridgehead atoms. The van der Waals surface area contributed by atoms with Crippen LogP contribution < -0.4 is 5.32 Å². The molecule has 4 heteroatoms. The van der Waals surface area contributed by atoms with Gasteiger partial charge in [0.2, 0.25) is 0 Å². The van der Waals surface area contributed by atoms with Crippen molar-refractivity contribution in [1.29, 1.82) is 0 Å². The van der Waals surface area contributed by atoms with E-state index in [9.17, 15) is 0 Å². The number of halogens is 1. The summed E-state index contributed by atoms with van der Waals surface area (Å²) >= 11 is 7.87. The molecule has 0 aromatic carbocycles. The number of piperazine rings is 1. The molecule has 2 fully saturated rings. The van der Waals surface area contributed by atoms with Crippen LogP contribution in [0.15, 0.2) is 12.1 Å². The zero-order valence-electron chi connectivity index (χ0n) is 13.0. The van der Waals surface area contributed by atoms with Gasteiger partial charge in [0.1, 0.15) is 0 Å². The third kappa shape index (κ3) is 3.64. The van der Waals surface area contributed by atoms with E-state index in [1.165, 1.54) is 62.9 Å². The lowest BCUT2D eigenvalue weighted by molar-refractivity contribution is 0.00260. The zero-order chi connectivity index (χ0) is 14.7. The van der Waals surface area contributed by atoms with Gasteiger partial charge in [-0.1, -0.05) is 44.2 Å². The Bertz CT molecular complexity index is 453. The highest BCUT2D eigenvalue weighted by Gasteiger charge is 2.41. The predicted octanol–water partition coefficient (Wildman–Crippen LogP) is 4.68. The van der Waals surface area contributed by atoms with E-state index in [4.69, 9.17) is 11.6 Å². The Kier molecular flexibility index (Phi) is 5.26. The van der Waals surface area contributed by atoms with Crippen molar-refractivity contribution >= 4 is 22.9 Å². The van der Waals surface area contributed by atoms with E-state index in [1.807, 2.05) is 6.07 Å². The van der Waals surface area contributed by atoms with Crippen LogP contribution in [0.1, 0.15) is 56.7 Å². The first-order valence-electron chi connectivity index (χ1n) is 8.44. The second-order valence-corrected chi connectivity index (χ2v) is 8.54. The fourth-order valence-electron chi connectivity index (χ4n) is 4.07. The van der Waals surface area contributed by atoms with Gasteiger partial charge in [-0.25, -0.2) is 0 Å². The van der Waals surface area contributed by atoms with Crippen molar-refractivity contribution < 1.29 is 0 Å². The molecule has 1 saturated heterocycles. The van der Waals surface area contributed by atoms with Crippen LogP contribution in [-0.2, 0) is 6.54 Å². The van der Waals surface area contributed by atoms with Crippen molar-refractivity contribution in [3.8, 4) is 0 Å². The monoisotopic (exact) mass is 326 g/mol. The molecule has 1 atom stereocenters. The summed E-state index contributed by atoms with van der Waals surface area (Å²) in [6.07, 6.45) is 9.47. The smallest absolute Gasteiger partial charge is 0.0931 e. The van der Waals surface area contributed by atoms with Crippen LogP contribution in [-0.4, -0.2) is 29.6 Å². The van der Waals surface area contributed by atoms with Crippen molar-refractivity contribution in [3.63, 3.8) is 0 Å². The number of nitrogens with one attached hydrogen (secondary N) is 1. The molecule has 1 aromatic rings. The Labute approximate surface area is 137 Å².